The van der Waals surface area contributed by atoms with Crippen LogP contribution < -0.4 is 0 Å². The zero-order valence-electron chi connectivity index (χ0n) is 13.8. The maximum absolute atomic E-state index is 11.6. The van der Waals surface area contributed by atoms with Gasteiger partial charge in [-0.05, 0) is 39.0 Å². The molecule has 0 unspecified atom stereocenters. The van der Waals surface area contributed by atoms with Crippen LogP contribution in [0.1, 0.15) is 26.7 Å². The van der Waals surface area contributed by atoms with E-state index >= 15 is 0 Å². The van der Waals surface area contributed by atoms with Gasteiger partial charge in [0, 0.05) is 12.2 Å². The maximum Gasteiger partial charge on any atom is 0.387 e. The van der Waals surface area contributed by atoms with Gasteiger partial charge in [-0.3, -0.25) is 0 Å². The molecule has 7 heteroatoms. The van der Waals surface area contributed by atoms with Crippen LogP contribution in [-0.2, 0) is 22.6 Å². The van der Waals surface area contributed by atoms with Gasteiger partial charge >= 0.3 is 29.1 Å². The molecule has 0 amide bonds. The van der Waals surface area contributed by atoms with E-state index in [9.17, 15) is 9.59 Å². The summed E-state index contributed by atoms with van der Waals surface area (Å²) in [6.07, 6.45) is 7.76. The summed E-state index contributed by atoms with van der Waals surface area (Å²) in [7, 11) is -5.38. The number of rotatable bonds is 8. The summed E-state index contributed by atoms with van der Waals surface area (Å²) in [5, 5.41) is 0. The Balaban J connectivity index is 4.59. The number of carbonyl (C=O) groups is 2. The molecule has 0 aromatic rings. The summed E-state index contributed by atoms with van der Waals surface area (Å²) in [6.45, 7) is 10.9. The van der Waals surface area contributed by atoms with E-state index in [4.69, 9.17) is 13.0 Å². The molecule has 0 rings (SSSR count). The summed E-state index contributed by atoms with van der Waals surface area (Å²) in [5.41, 5.74) is 0. The summed E-state index contributed by atoms with van der Waals surface area (Å²) < 4.78 is 16.6. The van der Waals surface area contributed by atoms with Crippen LogP contribution in [-0.4, -0.2) is 29.1 Å². The fourth-order valence-electron chi connectivity index (χ4n) is 1.61. The molecular formula is C14H26O5Si2. The van der Waals surface area contributed by atoms with Crippen LogP contribution in [0.3, 0.4) is 0 Å². The van der Waals surface area contributed by atoms with Crippen molar-refractivity contribution in [3.8, 4) is 0 Å². The second-order valence-electron chi connectivity index (χ2n) is 5.37. The normalized spacial score (nSPS) is 12.9. The molecule has 0 N–H and O–H groups in total. The molecule has 0 aliphatic rings. The van der Waals surface area contributed by atoms with Crippen LogP contribution in [0.25, 0.3) is 0 Å². The molecule has 0 fully saturated rings. The van der Waals surface area contributed by atoms with E-state index in [0.717, 1.165) is 12.8 Å². The third-order valence-corrected chi connectivity index (χ3v) is 7.48. The van der Waals surface area contributed by atoms with Crippen LogP contribution in [0.4, 0.5) is 0 Å². The largest absolute Gasteiger partial charge is 0.492 e. The lowest BCUT2D eigenvalue weighted by Crippen LogP contribution is -2.50. The summed E-state index contributed by atoms with van der Waals surface area (Å²) in [5.74, 6) is -0.842. The average molecular weight is 331 g/mol. The van der Waals surface area contributed by atoms with Crippen LogP contribution in [0, 0.1) is 0 Å². The van der Waals surface area contributed by atoms with Crippen molar-refractivity contribution in [2.24, 2.45) is 0 Å². The van der Waals surface area contributed by atoms with Crippen molar-refractivity contribution >= 4 is 29.1 Å². The van der Waals surface area contributed by atoms with Gasteiger partial charge in [-0.1, -0.05) is 26.0 Å². The molecule has 120 valence electrons. The van der Waals surface area contributed by atoms with Crippen LogP contribution in [0.15, 0.2) is 24.3 Å². The summed E-state index contributed by atoms with van der Waals surface area (Å²) in [6, 6.07) is 0. The van der Waals surface area contributed by atoms with E-state index in [0.29, 0.717) is 0 Å². The second kappa shape index (κ2) is 8.96. The minimum absolute atomic E-state index is 0.421. The van der Waals surface area contributed by atoms with E-state index < -0.39 is 29.1 Å². The Morgan fingerprint density at radius 3 is 1.43 bits per heavy atom. The average Bonchev–Trinajstić information content (AvgIpc) is 2.30. The molecular weight excluding hydrogens is 304 g/mol. The monoisotopic (exact) mass is 330 g/mol. The fourth-order valence-corrected chi connectivity index (χ4v) is 7.79. The molecule has 0 aliphatic carbocycles. The first-order valence-electron chi connectivity index (χ1n) is 7.11. The summed E-state index contributed by atoms with van der Waals surface area (Å²) >= 11 is 0. The molecule has 5 nitrogen and oxygen atoms in total. The van der Waals surface area contributed by atoms with Crippen molar-refractivity contribution in [1.82, 2.24) is 0 Å². The number of carbonyl (C=O) groups excluding carboxylic acids is 2. The van der Waals surface area contributed by atoms with Crippen LogP contribution in [0.2, 0.25) is 26.2 Å². The van der Waals surface area contributed by atoms with E-state index in [-0.39, 0.29) is 0 Å². The molecule has 0 aromatic carbocycles. The van der Waals surface area contributed by atoms with E-state index in [1.807, 2.05) is 13.8 Å². The van der Waals surface area contributed by atoms with E-state index in [1.165, 1.54) is 12.2 Å². The Bertz CT molecular complexity index is 376. The van der Waals surface area contributed by atoms with Crippen molar-refractivity contribution < 1.29 is 22.6 Å². The second-order valence-corrected chi connectivity index (χ2v) is 12.2. The molecule has 0 radical (unpaired) electrons. The first-order chi connectivity index (χ1) is 9.62. The topological polar surface area (TPSA) is 61.8 Å². The summed E-state index contributed by atoms with van der Waals surface area (Å²) in [4.78, 5) is 23.2. The lowest BCUT2D eigenvalue weighted by Gasteiger charge is -2.31. The Labute approximate surface area is 129 Å². The fraction of sp³-hybridized carbons (Fsp3) is 0.571. The highest BCUT2D eigenvalue weighted by Crippen LogP contribution is 2.17. The first-order valence-corrected chi connectivity index (χ1v) is 12.7. The Morgan fingerprint density at radius 2 is 1.14 bits per heavy atom. The van der Waals surface area contributed by atoms with Gasteiger partial charge < -0.3 is 13.0 Å². The minimum atomic E-state index is -2.69. The lowest BCUT2D eigenvalue weighted by molar-refractivity contribution is -0.131. The Hall–Kier alpha value is -1.19. The standard InChI is InChI=1S/C14H26O5Si2/c1-7-9-11-13(15)17-20(3,4)19-21(5,6)18-14(16)12-10-8-2/h9-12H,7-8H2,1-6H3/b11-9-,12-10-. The maximum atomic E-state index is 11.6. The van der Waals surface area contributed by atoms with Gasteiger partial charge in [-0.25, -0.2) is 9.59 Å². The van der Waals surface area contributed by atoms with Gasteiger partial charge in [-0.2, -0.15) is 0 Å². The molecule has 0 heterocycles. The molecule has 0 saturated heterocycles. The number of hydrogen-bond acceptors (Lipinski definition) is 5. The third-order valence-electron chi connectivity index (χ3n) is 2.16. The van der Waals surface area contributed by atoms with Crippen molar-refractivity contribution in [3.63, 3.8) is 0 Å². The highest BCUT2D eigenvalue weighted by atomic mass is 28.5. The van der Waals surface area contributed by atoms with Gasteiger partial charge in [0.2, 0.25) is 0 Å². The van der Waals surface area contributed by atoms with Crippen molar-refractivity contribution in [2.75, 3.05) is 0 Å². The van der Waals surface area contributed by atoms with Gasteiger partial charge in [-0.15, -0.1) is 0 Å². The van der Waals surface area contributed by atoms with E-state index in [2.05, 4.69) is 0 Å². The molecule has 0 bridgehead atoms. The highest BCUT2D eigenvalue weighted by Gasteiger charge is 2.40. The van der Waals surface area contributed by atoms with Gasteiger partial charge in [0.25, 0.3) is 0 Å². The predicted octanol–water partition coefficient (Wildman–Crippen LogP) is 3.43. The molecule has 0 aliphatic heterocycles. The molecule has 0 atom stereocenters. The minimum Gasteiger partial charge on any atom is -0.492 e. The number of allylic oxidation sites excluding steroid dienone is 2. The first kappa shape index (κ1) is 19.8. The Kier molecular flexibility index (Phi) is 8.45. The molecule has 0 spiro atoms. The zero-order valence-corrected chi connectivity index (χ0v) is 15.8. The molecule has 21 heavy (non-hydrogen) atoms. The van der Waals surface area contributed by atoms with Gasteiger partial charge in [0.05, 0.1) is 0 Å². The smallest absolute Gasteiger partial charge is 0.387 e. The van der Waals surface area contributed by atoms with Crippen molar-refractivity contribution in [1.29, 1.82) is 0 Å². The predicted molar refractivity (Wildman–Crippen MR) is 87.1 cm³/mol. The van der Waals surface area contributed by atoms with E-state index in [1.54, 1.807) is 38.3 Å². The molecule has 0 saturated carbocycles. The quantitative estimate of drug-likeness (QED) is 0.504. The lowest BCUT2D eigenvalue weighted by atomic mass is 10.4. The highest BCUT2D eigenvalue weighted by molar-refractivity contribution is 6.80. The number of hydrogen-bond donors (Lipinski definition) is 0. The molecule has 0 aromatic heterocycles. The van der Waals surface area contributed by atoms with Gasteiger partial charge in [0.15, 0.2) is 0 Å². The van der Waals surface area contributed by atoms with Crippen LogP contribution >= 0.6 is 0 Å². The van der Waals surface area contributed by atoms with Gasteiger partial charge in [0.1, 0.15) is 0 Å². The third kappa shape index (κ3) is 10.2. The van der Waals surface area contributed by atoms with Crippen molar-refractivity contribution in [3.05, 3.63) is 24.3 Å². The van der Waals surface area contributed by atoms with Crippen molar-refractivity contribution in [2.45, 2.75) is 52.9 Å². The zero-order chi connectivity index (χ0) is 16.5. The van der Waals surface area contributed by atoms with Crippen LogP contribution in [0.5, 0.6) is 0 Å². The Morgan fingerprint density at radius 1 is 0.810 bits per heavy atom. The SMILES string of the molecule is CC/C=C\C(=O)O[Si](C)(C)O[Si](C)(C)OC(=O)/C=C\CC.